The molecular formula is C26H48N4O13. The Morgan fingerprint density at radius 1 is 0.977 bits per heavy atom. The van der Waals surface area contributed by atoms with Gasteiger partial charge in [0.15, 0.2) is 18.4 Å². The molecule has 2 saturated heterocycles. The van der Waals surface area contributed by atoms with E-state index in [0.29, 0.717) is 0 Å². The Morgan fingerprint density at radius 2 is 1.63 bits per heavy atom. The molecule has 14 N–H and O–H groups in total. The lowest BCUT2D eigenvalue weighted by atomic mass is 9.76. The van der Waals surface area contributed by atoms with E-state index < -0.39 is 102 Å². The predicted octanol–water partition coefficient (Wildman–Crippen LogP) is -6.67. The Labute approximate surface area is 249 Å². The fourth-order valence-electron chi connectivity index (χ4n) is 6.32. The van der Waals surface area contributed by atoms with Gasteiger partial charge in [0.25, 0.3) is 0 Å². The molecule has 2 heterocycles. The first-order valence-electron chi connectivity index (χ1n) is 14.6. The van der Waals surface area contributed by atoms with E-state index in [1.807, 2.05) is 0 Å². The second kappa shape index (κ2) is 13.8. The Kier molecular flexibility index (Phi) is 11.2. The zero-order valence-electron chi connectivity index (χ0n) is 24.3. The highest BCUT2D eigenvalue weighted by Gasteiger charge is 2.58. The third kappa shape index (κ3) is 7.22. The number of hydrogen-bond acceptors (Lipinski definition) is 17. The number of carbonyl (C=O) groups is 1. The van der Waals surface area contributed by atoms with Gasteiger partial charge in [-0.25, -0.2) is 0 Å². The van der Waals surface area contributed by atoms with E-state index in [0.717, 1.165) is 0 Å². The van der Waals surface area contributed by atoms with Crippen LogP contribution in [0, 0.1) is 5.92 Å². The van der Waals surface area contributed by atoms with Gasteiger partial charge in [0.2, 0.25) is 0 Å². The van der Waals surface area contributed by atoms with Gasteiger partial charge >= 0.3 is 0 Å². The molecule has 17 nitrogen and oxygen atoms in total. The molecule has 250 valence electrons. The Bertz CT molecular complexity index is 951. The normalized spacial score (nSPS) is 50.4. The number of ketones is 1. The summed E-state index contributed by atoms with van der Waals surface area (Å²) in [6.45, 7) is 1.24. The van der Waals surface area contributed by atoms with Crippen molar-refractivity contribution in [2.24, 2.45) is 17.4 Å². The monoisotopic (exact) mass is 624 g/mol. The number of likely N-dealkylation sites (N-methyl/N-ethyl adjacent to an activating group) is 1. The summed E-state index contributed by atoms with van der Waals surface area (Å²) >= 11 is 0. The van der Waals surface area contributed by atoms with Crippen molar-refractivity contribution in [1.82, 2.24) is 10.6 Å². The Morgan fingerprint density at radius 3 is 2.23 bits per heavy atom. The molecule has 43 heavy (non-hydrogen) atoms. The fraction of sp³-hybridized carbons (Fsp3) is 0.962. The highest BCUT2D eigenvalue weighted by Crippen LogP contribution is 2.41. The van der Waals surface area contributed by atoms with E-state index in [4.69, 9.17) is 35.5 Å². The lowest BCUT2D eigenvalue weighted by molar-refractivity contribution is -0.333. The molecule has 2 saturated carbocycles. The number of hydrogen-bond donors (Lipinski definition) is 12. The van der Waals surface area contributed by atoms with Crippen LogP contribution in [0.2, 0.25) is 0 Å². The van der Waals surface area contributed by atoms with Crippen molar-refractivity contribution < 1.29 is 64.6 Å². The second-order valence-electron chi connectivity index (χ2n) is 12.4. The number of carbonyl (C=O) groups excluding carboxylic acids is 1. The zero-order chi connectivity index (χ0) is 31.9. The highest BCUT2D eigenvalue weighted by molar-refractivity contribution is 5.91. The summed E-state index contributed by atoms with van der Waals surface area (Å²) < 4.78 is 23.3. The molecule has 0 spiro atoms. The number of nitrogens with one attached hydrogen (secondary N) is 2. The molecule has 4 aliphatic rings. The van der Waals surface area contributed by atoms with Crippen molar-refractivity contribution in [3.63, 3.8) is 0 Å². The molecule has 4 fully saturated rings. The minimum absolute atomic E-state index is 0.00107. The molecule has 3 unspecified atom stereocenters. The maximum Gasteiger partial charge on any atom is 0.187 e. The first-order chi connectivity index (χ1) is 20.2. The van der Waals surface area contributed by atoms with Gasteiger partial charge in [0, 0.05) is 38.0 Å². The molecule has 16 atom stereocenters. The van der Waals surface area contributed by atoms with Crippen molar-refractivity contribution in [1.29, 1.82) is 0 Å². The maximum absolute atomic E-state index is 13.0. The third-order valence-corrected chi connectivity index (χ3v) is 9.08. The van der Waals surface area contributed by atoms with Gasteiger partial charge < -0.3 is 81.9 Å². The fourth-order valence-corrected chi connectivity index (χ4v) is 6.32. The van der Waals surface area contributed by atoms with Crippen molar-refractivity contribution >= 4 is 5.78 Å². The summed E-state index contributed by atoms with van der Waals surface area (Å²) in [7, 11) is 1.54. The van der Waals surface area contributed by atoms with E-state index in [1.54, 1.807) is 0 Å². The molecule has 0 aromatic carbocycles. The first kappa shape index (κ1) is 34.9. The smallest absolute Gasteiger partial charge is 0.187 e. The van der Waals surface area contributed by atoms with Crippen LogP contribution in [0.25, 0.3) is 0 Å². The minimum atomic E-state index is -1.73. The van der Waals surface area contributed by atoms with Crippen LogP contribution in [-0.2, 0) is 23.7 Å². The van der Waals surface area contributed by atoms with Gasteiger partial charge in [-0.3, -0.25) is 4.79 Å². The zero-order valence-corrected chi connectivity index (χ0v) is 24.3. The van der Waals surface area contributed by atoms with Crippen LogP contribution in [0.5, 0.6) is 0 Å². The Hall–Kier alpha value is -0.970. The van der Waals surface area contributed by atoms with E-state index in [9.17, 15) is 40.5 Å². The standard InChI is InChI=1S/C26H48N4O13/c1-25(38)9-40-23(19(37)22(25)29-2)42-20-10(6-14(32)26(39)7-13(26)28)5-11(27)21(18(20)36)43-24-17(35)16(34)15(33)12(41-24)8-30-3-4-31/h10-13,15-24,29-31,33-39H,3-9,27-28H2,1-2H3/t10-,11-,12+,13?,15+,16-,17+,18+,19+,20-,21?,22+,23+,24+,25-,26?/m0/s1. The van der Waals surface area contributed by atoms with E-state index in [-0.39, 0.29) is 45.6 Å². The molecule has 0 radical (unpaired) electrons. The number of ether oxygens (including phenoxy) is 4. The van der Waals surface area contributed by atoms with Crippen molar-refractivity contribution in [3.05, 3.63) is 0 Å². The van der Waals surface area contributed by atoms with Crippen molar-refractivity contribution in [2.75, 3.05) is 33.4 Å². The van der Waals surface area contributed by atoms with Crippen molar-refractivity contribution in [2.45, 2.75) is 117 Å². The van der Waals surface area contributed by atoms with Crippen LogP contribution < -0.4 is 22.1 Å². The van der Waals surface area contributed by atoms with Gasteiger partial charge in [-0.1, -0.05) is 0 Å². The SMILES string of the molecule is CN[C@@H]1[C@@H](O)[C@@H](O[C@H]2[C@H](CC(=O)C3(O)CC3N)C[C@H](N)C(O[C@H]3O[C@H](CNCCO)[C@@H](O)[C@H](O)[C@H]3O)[C@@H]2O)OC[C@]1(C)O. The van der Waals surface area contributed by atoms with Crippen LogP contribution in [0.3, 0.4) is 0 Å². The van der Waals surface area contributed by atoms with Crippen molar-refractivity contribution in [3.8, 4) is 0 Å². The first-order valence-corrected chi connectivity index (χ1v) is 14.6. The molecule has 0 bridgehead atoms. The van der Waals surface area contributed by atoms with E-state index in [2.05, 4.69) is 10.6 Å². The summed E-state index contributed by atoms with van der Waals surface area (Å²) in [4.78, 5) is 13.0. The summed E-state index contributed by atoms with van der Waals surface area (Å²) in [6, 6.07) is -2.54. The summed E-state index contributed by atoms with van der Waals surface area (Å²) in [6.07, 6.45) is -14.5. The number of aliphatic hydroxyl groups excluding tert-OH is 6. The minimum Gasteiger partial charge on any atom is -0.395 e. The van der Waals surface area contributed by atoms with Crippen LogP contribution in [0.1, 0.15) is 26.2 Å². The van der Waals surface area contributed by atoms with Gasteiger partial charge in [-0.05, 0) is 26.3 Å². The van der Waals surface area contributed by atoms with Crippen LogP contribution >= 0.6 is 0 Å². The molecular weight excluding hydrogens is 576 g/mol. The third-order valence-electron chi connectivity index (χ3n) is 9.08. The number of nitrogens with two attached hydrogens (primary N) is 2. The summed E-state index contributed by atoms with van der Waals surface area (Å²) in [5.74, 6) is -1.35. The quantitative estimate of drug-likeness (QED) is 0.0898. The molecule has 0 amide bonds. The summed E-state index contributed by atoms with van der Waals surface area (Å²) in [5, 5.41) is 89.7. The molecule has 2 aliphatic carbocycles. The van der Waals surface area contributed by atoms with Crippen LogP contribution in [-0.4, -0.2) is 171 Å². The van der Waals surface area contributed by atoms with Gasteiger partial charge in [-0.2, -0.15) is 0 Å². The average molecular weight is 625 g/mol. The molecule has 2 aliphatic heterocycles. The summed E-state index contributed by atoms with van der Waals surface area (Å²) in [5.41, 5.74) is 9.01. The lowest BCUT2D eigenvalue weighted by Crippen LogP contribution is -2.67. The van der Waals surface area contributed by atoms with Crippen LogP contribution in [0.4, 0.5) is 0 Å². The number of aliphatic hydroxyl groups is 8. The van der Waals surface area contributed by atoms with E-state index >= 15 is 0 Å². The van der Waals surface area contributed by atoms with Gasteiger partial charge in [-0.15, -0.1) is 0 Å². The van der Waals surface area contributed by atoms with Gasteiger partial charge in [0.1, 0.15) is 53.9 Å². The van der Waals surface area contributed by atoms with E-state index in [1.165, 1.54) is 14.0 Å². The van der Waals surface area contributed by atoms with Crippen LogP contribution in [0.15, 0.2) is 0 Å². The molecule has 17 heteroatoms. The Balaban J connectivity index is 1.54. The highest BCUT2D eigenvalue weighted by atomic mass is 16.7. The number of rotatable bonds is 12. The predicted molar refractivity (Wildman–Crippen MR) is 145 cm³/mol. The lowest BCUT2D eigenvalue weighted by Gasteiger charge is -2.49. The maximum atomic E-state index is 13.0. The van der Waals surface area contributed by atoms with Gasteiger partial charge in [0.05, 0.1) is 25.4 Å². The molecule has 0 aromatic rings. The molecule has 0 aromatic heterocycles. The topological polar surface area (TPSA) is 292 Å². The largest absolute Gasteiger partial charge is 0.395 e. The number of Topliss-reactive ketones (excluding diaryl/α,β-unsaturated/α-hetero) is 1. The molecule has 4 rings (SSSR count). The average Bonchev–Trinajstić information content (AvgIpc) is 3.57. The second-order valence-corrected chi connectivity index (χ2v) is 12.4.